The molecule has 3 rings (SSSR count). The molecule has 0 unspecified atom stereocenters. The lowest BCUT2D eigenvalue weighted by atomic mass is 10.2. The van der Waals surface area contributed by atoms with Gasteiger partial charge in [-0.05, 0) is 24.3 Å². The zero-order valence-corrected chi connectivity index (χ0v) is 15.0. The van der Waals surface area contributed by atoms with Crippen molar-refractivity contribution >= 4 is 10.0 Å². The molecule has 0 aliphatic rings. The Morgan fingerprint density at radius 3 is 2.42 bits per heavy atom. The molecule has 0 saturated carbocycles. The van der Waals surface area contributed by atoms with Gasteiger partial charge in [-0.1, -0.05) is 18.2 Å². The quantitative estimate of drug-likeness (QED) is 0.675. The Kier molecular flexibility index (Phi) is 5.19. The smallest absolute Gasteiger partial charge is 0.247 e. The average Bonchev–Trinajstić information content (AvgIpc) is 3.15. The first-order chi connectivity index (χ1) is 12.5. The molecule has 0 saturated heterocycles. The van der Waals surface area contributed by atoms with Gasteiger partial charge in [0.1, 0.15) is 0 Å². The number of hydrogen-bond donors (Lipinski definition) is 1. The first kappa shape index (κ1) is 17.9. The summed E-state index contributed by atoms with van der Waals surface area (Å²) in [7, 11) is -0.873. The summed E-state index contributed by atoms with van der Waals surface area (Å²) in [5, 5.41) is 7.78. The lowest BCUT2D eigenvalue weighted by molar-refractivity contribution is 0.354. The van der Waals surface area contributed by atoms with Crippen molar-refractivity contribution in [2.24, 2.45) is 0 Å². The van der Waals surface area contributed by atoms with Crippen LogP contribution in [0.1, 0.15) is 5.89 Å². The van der Waals surface area contributed by atoms with Gasteiger partial charge in [0.15, 0.2) is 11.5 Å². The van der Waals surface area contributed by atoms with Gasteiger partial charge in [-0.15, -0.1) is 10.2 Å². The van der Waals surface area contributed by atoms with Gasteiger partial charge in [-0.2, -0.15) is 0 Å². The molecule has 1 N–H and O–H groups in total. The second kappa shape index (κ2) is 7.54. The molecule has 1 aromatic heterocycles. The molecule has 0 spiro atoms. The fraction of sp³-hybridized carbons (Fsp3) is 0.176. The summed E-state index contributed by atoms with van der Waals surface area (Å²) in [6.07, 6.45) is 0. The van der Waals surface area contributed by atoms with Gasteiger partial charge in [0.25, 0.3) is 0 Å². The van der Waals surface area contributed by atoms with Crippen LogP contribution in [0.3, 0.4) is 0 Å². The van der Waals surface area contributed by atoms with Crippen LogP contribution in [0.5, 0.6) is 11.5 Å². The Bertz CT molecular complexity index is 987. The minimum atomic E-state index is -3.78. The standard InChI is InChI=1S/C17H17N3O5S/c1-23-14-9-8-13(10-15(14)24-2)26(21,22)18-11-16-19-20-17(25-16)12-6-4-3-5-7-12/h3-10,18H,11H2,1-2H3. The summed E-state index contributed by atoms with van der Waals surface area (Å²) in [6.45, 7) is -0.128. The normalized spacial score (nSPS) is 11.3. The second-order valence-electron chi connectivity index (χ2n) is 5.21. The van der Waals surface area contributed by atoms with Crippen LogP contribution in [-0.4, -0.2) is 32.8 Å². The Balaban J connectivity index is 1.74. The molecule has 0 aliphatic heterocycles. The van der Waals surface area contributed by atoms with E-state index < -0.39 is 10.0 Å². The van der Waals surface area contributed by atoms with E-state index in [1.807, 2.05) is 30.3 Å². The zero-order chi connectivity index (χ0) is 18.6. The maximum atomic E-state index is 12.5. The van der Waals surface area contributed by atoms with Crippen molar-refractivity contribution in [2.45, 2.75) is 11.4 Å². The Morgan fingerprint density at radius 2 is 1.73 bits per heavy atom. The highest BCUT2D eigenvalue weighted by atomic mass is 32.2. The van der Waals surface area contributed by atoms with Gasteiger partial charge >= 0.3 is 0 Å². The lowest BCUT2D eigenvalue weighted by Crippen LogP contribution is -2.23. The van der Waals surface area contributed by atoms with Gasteiger partial charge in [0.05, 0.1) is 25.7 Å². The van der Waals surface area contributed by atoms with E-state index in [1.165, 1.54) is 32.4 Å². The predicted octanol–water partition coefficient (Wildman–Crippen LogP) is 2.23. The Labute approximate surface area is 150 Å². The summed E-state index contributed by atoms with van der Waals surface area (Å²) in [5.41, 5.74) is 0.758. The van der Waals surface area contributed by atoms with Crippen LogP contribution < -0.4 is 14.2 Å². The first-order valence-electron chi connectivity index (χ1n) is 7.63. The third kappa shape index (κ3) is 3.84. The summed E-state index contributed by atoms with van der Waals surface area (Å²) < 4.78 is 43.1. The van der Waals surface area contributed by atoms with Crippen molar-refractivity contribution in [3.8, 4) is 23.0 Å². The van der Waals surface area contributed by atoms with Crippen molar-refractivity contribution in [3.05, 3.63) is 54.4 Å². The van der Waals surface area contributed by atoms with Crippen LogP contribution in [-0.2, 0) is 16.6 Å². The van der Waals surface area contributed by atoms with Gasteiger partial charge in [-0.25, -0.2) is 13.1 Å². The molecule has 136 valence electrons. The van der Waals surface area contributed by atoms with Crippen molar-refractivity contribution in [3.63, 3.8) is 0 Å². The third-order valence-corrected chi connectivity index (χ3v) is 4.97. The number of benzene rings is 2. The molecule has 8 nitrogen and oxygen atoms in total. The maximum absolute atomic E-state index is 12.5. The minimum Gasteiger partial charge on any atom is -0.493 e. The predicted molar refractivity (Wildman–Crippen MR) is 93.3 cm³/mol. The fourth-order valence-corrected chi connectivity index (χ4v) is 3.24. The molecule has 9 heteroatoms. The molecule has 1 heterocycles. The van der Waals surface area contributed by atoms with Crippen molar-refractivity contribution in [2.75, 3.05) is 14.2 Å². The van der Waals surface area contributed by atoms with Gasteiger partial charge in [0, 0.05) is 11.6 Å². The number of sulfonamides is 1. The Hall–Kier alpha value is -2.91. The van der Waals surface area contributed by atoms with Gasteiger partial charge in [-0.3, -0.25) is 0 Å². The van der Waals surface area contributed by atoms with Gasteiger partial charge < -0.3 is 13.9 Å². The summed E-state index contributed by atoms with van der Waals surface area (Å²) in [4.78, 5) is 0.0398. The number of nitrogens with zero attached hydrogens (tertiary/aromatic N) is 2. The van der Waals surface area contributed by atoms with Crippen LogP contribution in [0.15, 0.2) is 57.8 Å². The summed E-state index contributed by atoms with van der Waals surface area (Å²) >= 11 is 0. The van der Waals surface area contributed by atoms with E-state index in [1.54, 1.807) is 0 Å². The van der Waals surface area contributed by atoms with Crippen molar-refractivity contribution < 1.29 is 22.3 Å². The third-order valence-electron chi connectivity index (χ3n) is 3.57. The van der Waals surface area contributed by atoms with E-state index in [2.05, 4.69) is 14.9 Å². The molecular formula is C17H17N3O5S. The number of nitrogens with one attached hydrogen (secondary N) is 1. The molecule has 3 aromatic rings. The zero-order valence-electron chi connectivity index (χ0n) is 14.2. The highest BCUT2D eigenvalue weighted by Gasteiger charge is 2.18. The molecule has 0 atom stereocenters. The number of methoxy groups -OCH3 is 2. The monoisotopic (exact) mass is 375 g/mol. The van der Waals surface area contributed by atoms with Crippen LogP contribution in [0.4, 0.5) is 0 Å². The molecule has 0 amide bonds. The number of ether oxygens (including phenoxy) is 2. The maximum Gasteiger partial charge on any atom is 0.247 e. The largest absolute Gasteiger partial charge is 0.493 e. The van der Waals surface area contributed by atoms with Gasteiger partial charge in [0.2, 0.25) is 21.8 Å². The molecule has 2 aromatic carbocycles. The van der Waals surface area contributed by atoms with E-state index in [0.29, 0.717) is 17.4 Å². The van der Waals surface area contributed by atoms with E-state index in [9.17, 15) is 8.42 Å². The van der Waals surface area contributed by atoms with E-state index in [0.717, 1.165) is 5.56 Å². The molecule has 0 fully saturated rings. The number of aromatic nitrogens is 2. The van der Waals surface area contributed by atoms with Crippen LogP contribution in [0.25, 0.3) is 11.5 Å². The fourth-order valence-electron chi connectivity index (χ4n) is 2.25. The molecule has 0 bridgehead atoms. The number of rotatable bonds is 7. The van der Waals surface area contributed by atoms with Crippen LogP contribution >= 0.6 is 0 Å². The van der Waals surface area contributed by atoms with Crippen molar-refractivity contribution in [1.82, 2.24) is 14.9 Å². The topological polar surface area (TPSA) is 104 Å². The summed E-state index contributed by atoms with van der Waals surface area (Å²) in [5.74, 6) is 1.24. The molecule has 0 radical (unpaired) electrons. The van der Waals surface area contributed by atoms with Crippen molar-refractivity contribution in [1.29, 1.82) is 0 Å². The highest BCUT2D eigenvalue weighted by Crippen LogP contribution is 2.29. The van der Waals surface area contributed by atoms with E-state index in [-0.39, 0.29) is 17.3 Å². The SMILES string of the molecule is COc1ccc(S(=O)(=O)NCc2nnc(-c3ccccc3)o2)cc1OC. The van der Waals surface area contributed by atoms with E-state index in [4.69, 9.17) is 13.9 Å². The number of hydrogen-bond acceptors (Lipinski definition) is 7. The highest BCUT2D eigenvalue weighted by molar-refractivity contribution is 7.89. The minimum absolute atomic E-state index is 0.0398. The molecule has 0 aliphatic carbocycles. The lowest BCUT2D eigenvalue weighted by Gasteiger charge is -2.10. The van der Waals surface area contributed by atoms with Crippen LogP contribution in [0, 0.1) is 0 Å². The first-order valence-corrected chi connectivity index (χ1v) is 9.11. The van der Waals surface area contributed by atoms with Crippen LogP contribution in [0.2, 0.25) is 0 Å². The Morgan fingerprint density at radius 1 is 1.00 bits per heavy atom. The van der Waals surface area contributed by atoms with E-state index >= 15 is 0 Å². The molecule has 26 heavy (non-hydrogen) atoms. The molecular weight excluding hydrogens is 358 g/mol. The average molecular weight is 375 g/mol. The second-order valence-corrected chi connectivity index (χ2v) is 6.98. The summed E-state index contributed by atoms with van der Waals surface area (Å²) in [6, 6.07) is 13.5.